The molecule has 1 unspecified atom stereocenters. The molecule has 0 saturated heterocycles. The lowest BCUT2D eigenvalue weighted by atomic mass is 9.96. The topological polar surface area (TPSA) is 12.0 Å². The third-order valence-corrected chi connectivity index (χ3v) is 3.76. The number of benzene rings is 1. The summed E-state index contributed by atoms with van der Waals surface area (Å²) in [6.45, 7) is 0.675. The van der Waals surface area contributed by atoms with Gasteiger partial charge in [0, 0.05) is 16.8 Å². The molecule has 0 aliphatic heterocycles. The first-order valence-electron chi connectivity index (χ1n) is 5.53. The molecule has 0 saturated carbocycles. The van der Waals surface area contributed by atoms with E-state index in [0.29, 0.717) is 13.0 Å². The number of hydrogen-bond donors (Lipinski definition) is 1. The number of rotatable bonds is 6. The van der Waals surface area contributed by atoms with E-state index < -0.39 is 5.51 Å². The molecular weight excluding hydrogens is 327 g/mol. The molecule has 1 aromatic rings. The van der Waals surface area contributed by atoms with Crippen molar-refractivity contribution in [2.75, 3.05) is 19.3 Å². The van der Waals surface area contributed by atoms with E-state index in [4.69, 9.17) is 0 Å². The summed E-state index contributed by atoms with van der Waals surface area (Å²) in [5.74, 6) is 0.185. The molecule has 0 spiro atoms. The predicted molar refractivity (Wildman–Crippen MR) is 73.9 cm³/mol. The van der Waals surface area contributed by atoms with Crippen molar-refractivity contribution in [2.45, 2.75) is 17.8 Å². The first-order chi connectivity index (χ1) is 8.42. The molecule has 0 aliphatic carbocycles. The van der Waals surface area contributed by atoms with Gasteiger partial charge in [-0.2, -0.15) is 13.2 Å². The lowest BCUT2D eigenvalue weighted by molar-refractivity contribution is -0.0328. The number of thioether (sulfide) groups is 1. The van der Waals surface area contributed by atoms with Crippen LogP contribution in [-0.4, -0.2) is 24.9 Å². The van der Waals surface area contributed by atoms with E-state index in [1.165, 1.54) is 0 Å². The Labute approximate surface area is 118 Å². The molecule has 102 valence electrons. The number of alkyl halides is 3. The SMILES string of the molecule is CNCC(CCSC(F)(F)F)c1cccc(Br)c1. The van der Waals surface area contributed by atoms with E-state index in [1.807, 2.05) is 31.3 Å². The molecular formula is C12H15BrF3NS. The Morgan fingerprint density at radius 2 is 2.11 bits per heavy atom. The van der Waals surface area contributed by atoms with Crippen LogP contribution >= 0.6 is 27.7 Å². The molecule has 18 heavy (non-hydrogen) atoms. The molecule has 0 bridgehead atoms. The Kier molecular flexibility index (Phi) is 6.52. The lowest BCUT2D eigenvalue weighted by Gasteiger charge is -2.17. The van der Waals surface area contributed by atoms with E-state index in [-0.39, 0.29) is 23.4 Å². The van der Waals surface area contributed by atoms with Crippen LogP contribution in [0.15, 0.2) is 28.7 Å². The van der Waals surface area contributed by atoms with Gasteiger partial charge < -0.3 is 5.32 Å². The minimum atomic E-state index is -4.14. The standard InChI is InChI=1S/C12H15BrF3NS/c1-17-8-10(5-6-18-12(14,15)16)9-3-2-4-11(13)7-9/h2-4,7,10,17H,5-6,8H2,1H3. The molecule has 1 rings (SSSR count). The van der Waals surface area contributed by atoms with Crippen LogP contribution in [-0.2, 0) is 0 Å². The van der Waals surface area contributed by atoms with Crippen molar-refractivity contribution in [3.8, 4) is 0 Å². The Bertz CT molecular complexity index is 371. The summed E-state index contributed by atoms with van der Waals surface area (Å²) < 4.78 is 37.2. The Hall–Kier alpha value is -0.200. The molecule has 1 N–H and O–H groups in total. The zero-order chi connectivity index (χ0) is 13.6. The highest BCUT2D eigenvalue weighted by molar-refractivity contribution is 9.10. The first-order valence-corrected chi connectivity index (χ1v) is 7.31. The Morgan fingerprint density at radius 3 is 2.67 bits per heavy atom. The van der Waals surface area contributed by atoms with Gasteiger partial charge in [-0.15, -0.1) is 0 Å². The highest BCUT2D eigenvalue weighted by atomic mass is 79.9. The van der Waals surface area contributed by atoms with Gasteiger partial charge in [-0.05, 0) is 37.1 Å². The van der Waals surface area contributed by atoms with Crippen LogP contribution < -0.4 is 5.32 Å². The summed E-state index contributed by atoms with van der Waals surface area (Å²) in [5.41, 5.74) is -3.08. The largest absolute Gasteiger partial charge is 0.441 e. The van der Waals surface area contributed by atoms with Crippen molar-refractivity contribution in [3.63, 3.8) is 0 Å². The van der Waals surface area contributed by atoms with Crippen LogP contribution in [0.3, 0.4) is 0 Å². The first kappa shape index (κ1) is 15.9. The van der Waals surface area contributed by atoms with Crippen LogP contribution in [0.5, 0.6) is 0 Å². The quantitative estimate of drug-likeness (QED) is 0.823. The summed E-state index contributed by atoms with van der Waals surface area (Å²) >= 11 is 3.42. The molecule has 0 amide bonds. The average Bonchev–Trinajstić information content (AvgIpc) is 2.26. The van der Waals surface area contributed by atoms with Crippen LogP contribution in [0.2, 0.25) is 0 Å². The van der Waals surface area contributed by atoms with Gasteiger partial charge in [0.25, 0.3) is 0 Å². The fourth-order valence-corrected chi connectivity index (χ4v) is 2.76. The molecule has 1 aromatic carbocycles. The molecule has 0 radical (unpaired) electrons. The molecule has 1 nitrogen and oxygen atoms in total. The summed E-state index contributed by atoms with van der Waals surface area (Å²) in [6.07, 6.45) is 0.501. The zero-order valence-corrected chi connectivity index (χ0v) is 12.3. The van der Waals surface area contributed by atoms with Crippen LogP contribution in [0, 0.1) is 0 Å². The minimum Gasteiger partial charge on any atom is -0.319 e. The monoisotopic (exact) mass is 341 g/mol. The fourth-order valence-electron chi connectivity index (χ4n) is 1.71. The van der Waals surface area contributed by atoms with E-state index in [2.05, 4.69) is 21.2 Å². The summed E-state index contributed by atoms with van der Waals surface area (Å²) in [7, 11) is 1.81. The van der Waals surface area contributed by atoms with Gasteiger partial charge in [0.15, 0.2) is 0 Å². The fraction of sp³-hybridized carbons (Fsp3) is 0.500. The van der Waals surface area contributed by atoms with Gasteiger partial charge in [-0.3, -0.25) is 0 Å². The van der Waals surface area contributed by atoms with E-state index in [1.54, 1.807) is 0 Å². The van der Waals surface area contributed by atoms with Gasteiger partial charge in [-0.25, -0.2) is 0 Å². The Morgan fingerprint density at radius 1 is 1.39 bits per heavy atom. The second-order valence-corrected chi connectivity index (χ2v) is 5.97. The number of halogens is 4. The zero-order valence-electron chi connectivity index (χ0n) is 9.93. The third-order valence-electron chi connectivity index (χ3n) is 2.50. The van der Waals surface area contributed by atoms with E-state index in [9.17, 15) is 13.2 Å². The average molecular weight is 342 g/mol. The number of nitrogens with one attached hydrogen (secondary N) is 1. The number of likely N-dealkylation sites (N-methyl/N-ethyl adjacent to an activating group) is 1. The maximum Gasteiger partial charge on any atom is 0.441 e. The van der Waals surface area contributed by atoms with Crippen LogP contribution in [0.1, 0.15) is 17.9 Å². The van der Waals surface area contributed by atoms with Crippen molar-refractivity contribution >= 4 is 27.7 Å². The van der Waals surface area contributed by atoms with E-state index in [0.717, 1.165) is 10.0 Å². The van der Waals surface area contributed by atoms with Crippen molar-refractivity contribution in [1.82, 2.24) is 5.32 Å². The van der Waals surface area contributed by atoms with E-state index >= 15 is 0 Å². The van der Waals surface area contributed by atoms with Gasteiger partial charge in [0.2, 0.25) is 0 Å². The summed E-state index contributed by atoms with van der Waals surface area (Å²) in [6, 6.07) is 7.72. The van der Waals surface area contributed by atoms with Crippen LogP contribution in [0.25, 0.3) is 0 Å². The predicted octanol–water partition coefficient (Wildman–Crippen LogP) is 4.40. The molecule has 0 aliphatic rings. The third kappa shape index (κ3) is 6.11. The van der Waals surface area contributed by atoms with Crippen LogP contribution in [0.4, 0.5) is 13.2 Å². The molecule has 0 fully saturated rings. The van der Waals surface area contributed by atoms with Crippen molar-refractivity contribution in [1.29, 1.82) is 0 Å². The van der Waals surface area contributed by atoms with Gasteiger partial charge in [0.05, 0.1) is 0 Å². The molecule has 6 heteroatoms. The minimum absolute atomic E-state index is 0.0471. The smallest absolute Gasteiger partial charge is 0.319 e. The summed E-state index contributed by atoms with van der Waals surface area (Å²) in [5, 5.41) is 3.03. The number of hydrogen-bond acceptors (Lipinski definition) is 2. The molecule has 1 atom stereocenters. The van der Waals surface area contributed by atoms with Crippen molar-refractivity contribution < 1.29 is 13.2 Å². The highest BCUT2D eigenvalue weighted by Crippen LogP contribution is 2.33. The maximum atomic E-state index is 12.1. The molecule has 0 aromatic heterocycles. The normalized spacial score (nSPS) is 13.6. The van der Waals surface area contributed by atoms with Crippen molar-refractivity contribution in [3.05, 3.63) is 34.3 Å². The second-order valence-electron chi connectivity index (χ2n) is 3.89. The highest BCUT2D eigenvalue weighted by Gasteiger charge is 2.28. The Balaban J connectivity index is 2.60. The second kappa shape index (κ2) is 7.40. The lowest BCUT2D eigenvalue weighted by Crippen LogP contribution is -2.18. The summed E-state index contributed by atoms with van der Waals surface area (Å²) in [4.78, 5) is 0. The molecule has 0 heterocycles. The van der Waals surface area contributed by atoms with Crippen molar-refractivity contribution in [2.24, 2.45) is 0 Å². The van der Waals surface area contributed by atoms with Gasteiger partial charge >= 0.3 is 5.51 Å². The maximum absolute atomic E-state index is 12.1. The van der Waals surface area contributed by atoms with Gasteiger partial charge in [0.1, 0.15) is 0 Å². The van der Waals surface area contributed by atoms with Gasteiger partial charge in [-0.1, -0.05) is 39.8 Å².